The number of benzene rings is 1. The molecule has 92 valence electrons. The molecule has 0 aliphatic rings. The van der Waals surface area contributed by atoms with Gasteiger partial charge >= 0.3 is 5.97 Å². The monoisotopic (exact) mass is 299 g/mol. The van der Waals surface area contributed by atoms with Crippen LogP contribution in [0.1, 0.15) is 24.2 Å². The molecule has 0 saturated carbocycles. The quantitative estimate of drug-likeness (QED) is 0.687. The van der Waals surface area contributed by atoms with Gasteiger partial charge in [-0.2, -0.15) is 0 Å². The minimum atomic E-state index is -0.362. The second-order valence-corrected chi connectivity index (χ2v) is 4.78. The molecule has 1 atom stereocenters. The van der Waals surface area contributed by atoms with Crippen LogP contribution in [0.25, 0.3) is 0 Å². The fourth-order valence-electron chi connectivity index (χ4n) is 1.15. The first-order chi connectivity index (χ1) is 8.04. The molecule has 0 aromatic heterocycles. The smallest absolute Gasteiger partial charge is 0.338 e. The van der Waals surface area contributed by atoms with Gasteiger partial charge in [0.1, 0.15) is 0 Å². The largest absolute Gasteiger partial charge is 0.462 e. The maximum atomic E-state index is 11.4. The average molecular weight is 300 g/mol. The second-order valence-electron chi connectivity index (χ2n) is 3.40. The number of rotatable bonds is 4. The van der Waals surface area contributed by atoms with Crippen LogP contribution in [0, 0.1) is 0 Å². The molecule has 1 N–H and O–H groups in total. The van der Waals surface area contributed by atoms with Crippen molar-refractivity contribution < 1.29 is 14.3 Å². The molecule has 17 heavy (non-hydrogen) atoms. The van der Waals surface area contributed by atoms with Gasteiger partial charge in [0.25, 0.3) is 0 Å². The van der Waals surface area contributed by atoms with Gasteiger partial charge in [-0.25, -0.2) is 4.79 Å². The summed E-state index contributed by atoms with van der Waals surface area (Å²) in [6.45, 7) is 3.84. The Hall–Kier alpha value is -1.36. The highest BCUT2D eigenvalue weighted by atomic mass is 79.9. The molecule has 0 fully saturated rings. The maximum absolute atomic E-state index is 11.4. The molecule has 0 radical (unpaired) electrons. The van der Waals surface area contributed by atoms with Gasteiger partial charge < -0.3 is 10.1 Å². The van der Waals surface area contributed by atoms with Gasteiger partial charge in [0, 0.05) is 5.69 Å². The Morgan fingerprint density at radius 3 is 2.41 bits per heavy atom. The normalized spacial score (nSPS) is 11.7. The van der Waals surface area contributed by atoms with Crippen LogP contribution < -0.4 is 5.32 Å². The van der Waals surface area contributed by atoms with E-state index in [9.17, 15) is 9.59 Å². The molecule has 1 amide bonds. The van der Waals surface area contributed by atoms with Crippen LogP contribution in [0.2, 0.25) is 0 Å². The van der Waals surface area contributed by atoms with Crippen molar-refractivity contribution in [3.05, 3.63) is 29.8 Å². The van der Waals surface area contributed by atoms with E-state index in [0.29, 0.717) is 17.9 Å². The second kappa shape index (κ2) is 6.39. The van der Waals surface area contributed by atoms with Crippen LogP contribution in [0.5, 0.6) is 0 Å². The fraction of sp³-hybridized carbons (Fsp3) is 0.333. The minimum absolute atomic E-state index is 0.131. The third-order valence-corrected chi connectivity index (χ3v) is 2.44. The average Bonchev–Trinajstić information content (AvgIpc) is 2.30. The highest BCUT2D eigenvalue weighted by molar-refractivity contribution is 9.10. The van der Waals surface area contributed by atoms with Gasteiger partial charge in [0.15, 0.2) is 0 Å². The number of ether oxygens (including phenoxy) is 1. The zero-order valence-electron chi connectivity index (χ0n) is 9.70. The predicted octanol–water partition coefficient (Wildman–Crippen LogP) is 2.59. The lowest BCUT2D eigenvalue weighted by atomic mass is 10.2. The summed E-state index contributed by atoms with van der Waals surface area (Å²) < 4.78 is 4.85. The number of halogens is 1. The summed E-state index contributed by atoms with van der Waals surface area (Å²) in [6.07, 6.45) is 0. The first kappa shape index (κ1) is 13.7. The molecule has 0 heterocycles. The number of amides is 1. The molecule has 5 heteroatoms. The van der Waals surface area contributed by atoms with E-state index < -0.39 is 0 Å². The Balaban J connectivity index is 2.68. The number of esters is 1. The number of carbonyl (C=O) groups is 2. The fourth-order valence-corrected chi connectivity index (χ4v) is 1.26. The molecule has 0 saturated heterocycles. The SMILES string of the molecule is CCOC(=O)c1ccc(NC(=O)[C@@H](C)Br)cc1. The lowest BCUT2D eigenvalue weighted by molar-refractivity contribution is -0.115. The van der Waals surface area contributed by atoms with Gasteiger partial charge in [-0.1, -0.05) is 15.9 Å². The summed E-state index contributed by atoms with van der Waals surface area (Å²) in [5, 5.41) is 2.70. The van der Waals surface area contributed by atoms with Gasteiger partial charge in [-0.3, -0.25) is 4.79 Å². The zero-order valence-corrected chi connectivity index (χ0v) is 11.3. The molecule has 1 aromatic rings. The van der Waals surface area contributed by atoms with Gasteiger partial charge in [0.2, 0.25) is 5.91 Å². The topological polar surface area (TPSA) is 55.4 Å². The zero-order chi connectivity index (χ0) is 12.8. The van der Waals surface area contributed by atoms with E-state index in [1.54, 1.807) is 38.1 Å². The molecule has 4 nitrogen and oxygen atoms in total. The molecule has 1 aromatic carbocycles. The van der Waals surface area contributed by atoms with Crippen molar-refractivity contribution >= 4 is 33.5 Å². The van der Waals surface area contributed by atoms with Crippen LogP contribution >= 0.6 is 15.9 Å². The van der Waals surface area contributed by atoms with E-state index in [2.05, 4.69) is 21.2 Å². The number of nitrogens with one attached hydrogen (secondary N) is 1. The van der Waals surface area contributed by atoms with E-state index in [-0.39, 0.29) is 16.7 Å². The number of carbonyl (C=O) groups excluding carboxylic acids is 2. The third kappa shape index (κ3) is 4.19. The third-order valence-electron chi connectivity index (χ3n) is 2.02. The van der Waals surface area contributed by atoms with E-state index in [1.165, 1.54) is 0 Å². The molecule has 0 aliphatic heterocycles. The van der Waals surface area contributed by atoms with Gasteiger partial charge in [-0.15, -0.1) is 0 Å². The Morgan fingerprint density at radius 1 is 1.35 bits per heavy atom. The summed E-state index contributed by atoms with van der Waals surface area (Å²) in [5.41, 5.74) is 1.12. The van der Waals surface area contributed by atoms with Gasteiger partial charge in [-0.05, 0) is 38.1 Å². The van der Waals surface area contributed by atoms with Crippen LogP contribution in [0.3, 0.4) is 0 Å². The van der Waals surface area contributed by atoms with E-state index in [4.69, 9.17) is 4.74 Å². The highest BCUT2D eigenvalue weighted by Crippen LogP contribution is 2.12. The minimum Gasteiger partial charge on any atom is -0.462 e. The van der Waals surface area contributed by atoms with Crippen LogP contribution in [0.15, 0.2) is 24.3 Å². The summed E-state index contributed by atoms with van der Waals surface area (Å²) in [6, 6.07) is 6.57. The van der Waals surface area contributed by atoms with Crippen molar-refractivity contribution in [1.29, 1.82) is 0 Å². The van der Waals surface area contributed by atoms with E-state index in [1.807, 2.05) is 0 Å². The molecule has 0 aliphatic carbocycles. The Kier molecular flexibility index (Phi) is 5.15. The first-order valence-corrected chi connectivity index (χ1v) is 6.18. The highest BCUT2D eigenvalue weighted by Gasteiger charge is 2.10. The Labute approximate surface area is 108 Å². The Morgan fingerprint density at radius 2 is 1.94 bits per heavy atom. The molecule has 0 spiro atoms. The summed E-state index contributed by atoms with van der Waals surface area (Å²) in [5.74, 6) is -0.492. The molecule has 1 rings (SSSR count). The maximum Gasteiger partial charge on any atom is 0.338 e. The molecule has 0 unspecified atom stereocenters. The predicted molar refractivity (Wildman–Crippen MR) is 69.4 cm³/mol. The van der Waals surface area contributed by atoms with Crippen molar-refractivity contribution in [3.63, 3.8) is 0 Å². The summed E-state index contributed by atoms with van der Waals surface area (Å²) >= 11 is 3.17. The lowest BCUT2D eigenvalue weighted by Crippen LogP contribution is -2.19. The standard InChI is InChI=1S/C12H14BrNO3/c1-3-17-12(16)9-4-6-10(7-5-9)14-11(15)8(2)13/h4-8H,3H2,1-2H3,(H,14,15)/t8-/m1/s1. The summed E-state index contributed by atoms with van der Waals surface area (Å²) in [4.78, 5) is 22.5. The van der Waals surface area contributed by atoms with Crippen molar-refractivity contribution in [1.82, 2.24) is 0 Å². The van der Waals surface area contributed by atoms with Gasteiger partial charge in [0.05, 0.1) is 17.0 Å². The summed E-state index contributed by atoms with van der Waals surface area (Å²) in [7, 11) is 0. The van der Waals surface area contributed by atoms with Crippen molar-refractivity contribution in [2.24, 2.45) is 0 Å². The van der Waals surface area contributed by atoms with E-state index >= 15 is 0 Å². The molecular weight excluding hydrogens is 286 g/mol. The Bertz CT molecular complexity index is 401. The van der Waals surface area contributed by atoms with Crippen molar-refractivity contribution in [2.45, 2.75) is 18.7 Å². The number of anilines is 1. The lowest BCUT2D eigenvalue weighted by Gasteiger charge is -2.07. The van der Waals surface area contributed by atoms with Crippen molar-refractivity contribution in [2.75, 3.05) is 11.9 Å². The first-order valence-electron chi connectivity index (χ1n) is 5.26. The molecule has 0 bridgehead atoms. The van der Waals surface area contributed by atoms with Crippen molar-refractivity contribution in [3.8, 4) is 0 Å². The number of hydrogen-bond donors (Lipinski definition) is 1. The van der Waals surface area contributed by atoms with Crippen LogP contribution in [-0.2, 0) is 9.53 Å². The van der Waals surface area contributed by atoms with Crippen LogP contribution in [-0.4, -0.2) is 23.3 Å². The number of alkyl halides is 1. The number of hydrogen-bond acceptors (Lipinski definition) is 3. The van der Waals surface area contributed by atoms with E-state index in [0.717, 1.165) is 0 Å². The van der Waals surface area contributed by atoms with Crippen LogP contribution in [0.4, 0.5) is 5.69 Å². The molecular formula is C12H14BrNO3.